The van der Waals surface area contributed by atoms with E-state index in [1.165, 1.54) is 11.8 Å². The largest absolute Gasteiger partial charge is 0.328 e. The van der Waals surface area contributed by atoms with Crippen molar-refractivity contribution in [3.63, 3.8) is 0 Å². The molecule has 1 aromatic heterocycles. The molecule has 1 unspecified atom stereocenters. The SMILES string of the molecule is CSC(C)C(=O)Nc1ncc(C)[nH]1. The van der Waals surface area contributed by atoms with E-state index in [4.69, 9.17) is 0 Å². The van der Waals surface area contributed by atoms with Gasteiger partial charge in [0.1, 0.15) is 0 Å². The fraction of sp³-hybridized carbons (Fsp3) is 0.500. The Morgan fingerprint density at radius 2 is 2.46 bits per heavy atom. The number of amides is 1. The van der Waals surface area contributed by atoms with Crippen LogP contribution in [0.2, 0.25) is 0 Å². The van der Waals surface area contributed by atoms with Crippen LogP contribution in [-0.2, 0) is 4.79 Å². The van der Waals surface area contributed by atoms with Gasteiger partial charge in [0.15, 0.2) is 0 Å². The highest BCUT2D eigenvalue weighted by molar-refractivity contribution is 7.99. The Balaban J connectivity index is 2.54. The van der Waals surface area contributed by atoms with E-state index >= 15 is 0 Å². The molecule has 0 radical (unpaired) electrons. The molecule has 5 heteroatoms. The van der Waals surface area contributed by atoms with E-state index < -0.39 is 0 Å². The van der Waals surface area contributed by atoms with E-state index in [2.05, 4.69) is 15.3 Å². The van der Waals surface area contributed by atoms with E-state index in [1.54, 1.807) is 6.20 Å². The van der Waals surface area contributed by atoms with Crippen molar-refractivity contribution in [2.45, 2.75) is 19.1 Å². The van der Waals surface area contributed by atoms with Crippen LogP contribution in [0.1, 0.15) is 12.6 Å². The third kappa shape index (κ3) is 2.77. The second-order valence-electron chi connectivity index (χ2n) is 2.78. The van der Waals surface area contributed by atoms with Gasteiger partial charge in [-0.05, 0) is 20.1 Å². The number of hydrogen-bond acceptors (Lipinski definition) is 3. The second-order valence-corrected chi connectivity index (χ2v) is 3.96. The van der Waals surface area contributed by atoms with Gasteiger partial charge >= 0.3 is 0 Å². The van der Waals surface area contributed by atoms with Crippen molar-refractivity contribution in [3.8, 4) is 0 Å². The zero-order chi connectivity index (χ0) is 9.84. The molecule has 1 atom stereocenters. The first kappa shape index (κ1) is 10.1. The molecule has 0 aromatic carbocycles. The maximum atomic E-state index is 11.4. The van der Waals surface area contributed by atoms with Crippen LogP contribution in [0.4, 0.5) is 5.95 Å². The van der Waals surface area contributed by atoms with Crippen LogP contribution in [0.25, 0.3) is 0 Å². The monoisotopic (exact) mass is 199 g/mol. The number of imidazole rings is 1. The van der Waals surface area contributed by atoms with Gasteiger partial charge in [-0.1, -0.05) is 0 Å². The molecule has 72 valence electrons. The normalized spacial score (nSPS) is 12.5. The van der Waals surface area contributed by atoms with Crippen LogP contribution >= 0.6 is 11.8 Å². The minimum atomic E-state index is -0.0505. The average Bonchev–Trinajstić information content (AvgIpc) is 2.49. The maximum absolute atomic E-state index is 11.4. The highest BCUT2D eigenvalue weighted by Gasteiger charge is 2.11. The quantitative estimate of drug-likeness (QED) is 0.773. The van der Waals surface area contributed by atoms with Gasteiger partial charge in [0.2, 0.25) is 11.9 Å². The summed E-state index contributed by atoms with van der Waals surface area (Å²) in [6, 6.07) is 0. The molecule has 0 aliphatic carbocycles. The fourth-order valence-electron chi connectivity index (χ4n) is 0.802. The highest BCUT2D eigenvalue weighted by atomic mass is 32.2. The van der Waals surface area contributed by atoms with Crippen molar-refractivity contribution in [1.29, 1.82) is 0 Å². The summed E-state index contributed by atoms with van der Waals surface area (Å²) in [5, 5.41) is 2.64. The van der Waals surface area contributed by atoms with Crippen LogP contribution in [0.5, 0.6) is 0 Å². The Morgan fingerprint density at radius 1 is 1.77 bits per heavy atom. The summed E-state index contributed by atoms with van der Waals surface area (Å²) in [7, 11) is 0. The number of aromatic nitrogens is 2. The molecule has 0 bridgehead atoms. The Hall–Kier alpha value is -0.970. The molecule has 1 heterocycles. The minimum absolute atomic E-state index is 0.0261. The molecule has 0 saturated heterocycles. The lowest BCUT2D eigenvalue weighted by Gasteiger charge is -2.06. The number of thioether (sulfide) groups is 1. The van der Waals surface area contributed by atoms with Crippen LogP contribution in [0.15, 0.2) is 6.20 Å². The van der Waals surface area contributed by atoms with E-state index in [-0.39, 0.29) is 11.2 Å². The van der Waals surface area contributed by atoms with Crippen LogP contribution in [0, 0.1) is 6.92 Å². The summed E-state index contributed by atoms with van der Waals surface area (Å²) in [5.41, 5.74) is 0.937. The first-order chi connectivity index (χ1) is 6.13. The molecular weight excluding hydrogens is 186 g/mol. The van der Waals surface area contributed by atoms with Crippen molar-refractivity contribution in [2.75, 3.05) is 11.6 Å². The molecule has 1 rings (SSSR count). The highest BCUT2D eigenvalue weighted by Crippen LogP contribution is 2.08. The van der Waals surface area contributed by atoms with Gasteiger partial charge in [0, 0.05) is 11.9 Å². The summed E-state index contributed by atoms with van der Waals surface area (Å²) in [6.45, 7) is 3.75. The molecule has 0 spiro atoms. The van der Waals surface area contributed by atoms with Gasteiger partial charge in [0.25, 0.3) is 0 Å². The predicted molar refractivity (Wildman–Crippen MR) is 54.9 cm³/mol. The number of H-pyrrole nitrogens is 1. The van der Waals surface area contributed by atoms with Gasteiger partial charge in [-0.2, -0.15) is 11.8 Å². The standard InChI is InChI=1S/C8H13N3OS/c1-5-4-9-8(10-5)11-7(12)6(2)13-3/h4,6H,1-3H3,(H2,9,10,11,12). The first-order valence-electron chi connectivity index (χ1n) is 3.98. The molecule has 0 fully saturated rings. The number of nitrogens with one attached hydrogen (secondary N) is 2. The second kappa shape index (κ2) is 4.32. The molecule has 1 amide bonds. The number of carbonyl (C=O) groups is 1. The number of aryl methyl sites for hydroxylation is 1. The lowest BCUT2D eigenvalue weighted by Crippen LogP contribution is -2.22. The van der Waals surface area contributed by atoms with Crippen molar-refractivity contribution >= 4 is 23.6 Å². The Bertz CT molecular complexity index is 297. The van der Waals surface area contributed by atoms with Crippen molar-refractivity contribution < 1.29 is 4.79 Å². The molecule has 0 aliphatic heterocycles. The van der Waals surface area contributed by atoms with Crippen molar-refractivity contribution in [2.24, 2.45) is 0 Å². The first-order valence-corrected chi connectivity index (χ1v) is 5.27. The molecule has 0 aliphatic rings. The zero-order valence-corrected chi connectivity index (χ0v) is 8.73. The lowest BCUT2D eigenvalue weighted by atomic mass is 10.4. The summed E-state index contributed by atoms with van der Waals surface area (Å²) in [4.78, 5) is 18.3. The Labute approximate surface area is 81.5 Å². The fourth-order valence-corrected chi connectivity index (χ4v) is 1.07. The minimum Gasteiger partial charge on any atom is -0.328 e. The molecule has 0 saturated carbocycles. The van der Waals surface area contributed by atoms with E-state index in [9.17, 15) is 4.79 Å². The van der Waals surface area contributed by atoms with Crippen LogP contribution in [-0.4, -0.2) is 27.4 Å². The number of nitrogens with zero attached hydrogens (tertiary/aromatic N) is 1. The number of rotatable bonds is 3. The van der Waals surface area contributed by atoms with Crippen molar-refractivity contribution in [3.05, 3.63) is 11.9 Å². The molecule has 13 heavy (non-hydrogen) atoms. The van der Waals surface area contributed by atoms with E-state index in [0.717, 1.165) is 5.69 Å². The summed E-state index contributed by atoms with van der Waals surface area (Å²) < 4.78 is 0. The van der Waals surface area contributed by atoms with E-state index in [0.29, 0.717) is 5.95 Å². The van der Waals surface area contributed by atoms with E-state index in [1.807, 2.05) is 20.1 Å². The molecular formula is C8H13N3OS. The maximum Gasteiger partial charge on any atom is 0.239 e. The number of aromatic amines is 1. The Kier molecular flexibility index (Phi) is 3.36. The number of hydrogen-bond donors (Lipinski definition) is 2. The molecule has 2 N–H and O–H groups in total. The van der Waals surface area contributed by atoms with Gasteiger partial charge in [-0.25, -0.2) is 4.98 Å². The van der Waals surface area contributed by atoms with Crippen LogP contribution in [0.3, 0.4) is 0 Å². The lowest BCUT2D eigenvalue weighted by molar-refractivity contribution is -0.115. The predicted octanol–water partition coefficient (Wildman–Crippen LogP) is 1.41. The average molecular weight is 199 g/mol. The van der Waals surface area contributed by atoms with Gasteiger partial charge in [-0.3, -0.25) is 10.1 Å². The van der Waals surface area contributed by atoms with Gasteiger partial charge < -0.3 is 4.98 Å². The zero-order valence-electron chi connectivity index (χ0n) is 7.92. The topological polar surface area (TPSA) is 57.8 Å². The smallest absolute Gasteiger partial charge is 0.239 e. The summed E-state index contributed by atoms with van der Waals surface area (Å²) >= 11 is 1.51. The van der Waals surface area contributed by atoms with Gasteiger partial charge in [-0.15, -0.1) is 0 Å². The molecule has 4 nitrogen and oxygen atoms in total. The van der Waals surface area contributed by atoms with Crippen LogP contribution < -0.4 is 5.32 Å². The number of anilines is 1. The third-order valence-electron chi connectivity index (χ3n) is 1.67. The third-order valence-corrected chi connectivity index (χ3v) is 2.59. The summed E-state index contributed by atoms with van der Waals surface area (Å²) in [5.74, 6) is 0.491. The summed E-state index contributed by atoms with van der Waals surface area (Å²) in [6.07, 6.45) is 3.58. The van der Waals surface area contributed by atoms with Gasteiger partial charge in [0.05, 0.1) is 5.25 Å². The number of carbonyl (C=O) groups excluding carboxylic acids is 1. The molecule has 1 aromatic rings. The Morgan fingerprint density at radius 3 is 2.92 bits per heavy atom. The van der Waals surface area contributed by atoms with Crippen molar-refractivity contribution in [1.82, 2.24) is 9.97 Å².